The summed E-state index contributed by atoms with van der Waals surface area (Å²) in [7, 11) is 1.25. The molecule has 1 aliphatic carbocycles. The average molecular weight is 286 g/mol. The quantitative estimate of drug-likeness (QED) is 0.527. The zero-order valence-corrected chi connectivity index (χ0v) is 12.3. The second-order valence-electron chi connectivity index (χ2n) is 4.99. The van der Waals surface area contributed by atoms with Crippen molar-refractivity contribution in [1.29, 1.82) is 0 Å². The van der Waals surface area contributed by atoms with E-state index in [0.29, 0.717) is 5.57 Å². The number of esters is 1. The number of carbonyl (C=O) groups excluding carboxylic acids is 1. The first-order chi connectivity index (χ1) is 9.97. The van der Waals surface area contributed by atoms with E-state index in [0.717, 1.165) is 11.3 Å². The zero-order chi connectivity index (χ0) is 15.5. The lowest BCUT2D eigenvalue weighted by molar-refractivity contribution is -0.154. The number of methoxy groups -OCH3 is 1. The van der Waals surface area contributed by atoms with Gasteiger partial charge in [-0.3, -0.25) is 0 Å². The van der Waals surface area contributed by atoms with Crippen LogP contribution in [-0.2, 0) is 9.53 Å². The number of azo groups is 1. The molecule has 0 spiro atoms. The van der Waals surface area contributed by atoms with Crippen molar-refractivity contribution in [3.63, 3.8) is 0 Å². The highest BCUT2D eigenvalue weighted by Crippen LogP contribution is 2.30. The van der Waals surface area contributed by atoms with Gasteiger partial charge in [-0.05, 0) is 43.2 Å². The molecule has 0 saturated carbocycles. The molecular formula is C16H18N2O3. The van der Waals surface area contributed by atoms with E-state index in [1.54, 1.807) is 19.9 Å². The van der Waals surface area contributed by atoms with Crippen molar-refractivity contribution in [2.24, 2.45) is 10.2 Å². The Morgan fingerprint density at radius 3 is 2.57 bits per heavy atom. The lowest BCUT2D eigenvalue weighted by atomic mass is 9.84. The van der Waals surface area contributed by atoms with Gasteiger partial charge in [0, 0.05) is 0 Å². The first kappa shape index (κ1) is 15.1. The molecule has 2 atom stereocenters. The van der Waals surface area contributed by atoms with Gasteiger partial charge >= 0.3 is 5.97 Å². The lowest BCUT2D eigenvalue weighted by Crippen LogP contribution is -2.41. The van der Waals surface area contributed by atoms with Crippen molar-refractivity contribution in [2.45, 2.75) is 25.5 Å². The van der Waals surface area contributed by atoms with Crippen molar-refractivity contribution < 1.29 is 14.6 Å². The molecule has 0 saturated heterocycles. The van der Waals surface area contributed by atoms with E-state index in [1.807, 2.05) is 30.3 Å². The predicted molar refractivity (Wildman–Crippen MR) is 79.2 cm³/mol. The molecule has 110 valence electrons. The maximum absolute atomic E-state index is 11.7. The minimum atomic E-state index is -1.71. The Labute approximate surface area is 123 Å². The van der Waals surface area contributed by atoms with Gasteiger partial charge in [-0.1, -0.05) is 24.3 Å². The Morgan fingerprint density at radius 1 is 1.29 bits per heavy atom. The molecule has 1 aliphatic rings. The Balaban J connectivity index is 2.24. The summed E-state index contributed by atoms with van der Waals surface area (Å²) in [5.74, 6) is -0.700. The van der Waals surface area contributed by atoms with Crippen molar-refractivity contribution in [3.05, 3.63) is 53.6 Å². The van der Waals surface area contributed by atoms with E-state index >= 15 is 0 Å². The number of rotatable bonds is 3. The van der Waals surface area contributed by atoms with Crippen LogP contribution in [0.25, 0.3) is 0 Å². The van der Waals surface area contributed by atoms with E-state index in [2.05, 4.69) is 15.0 Å². The third-order valence-electron chi connectivity index (χ3n) is 3.46. The lowest BCUT2D eigenvalue weighted by Gasteiger charge is -2.28. The summed E-state index contributed by atoms with van der Waals surface area (Å²) in [6, 6.07) is 9.09. The molecule has 0 aliphatic heterocycles. The van der Waals surface area contributed by atoms with Gasteiger partial charge in [0.05, 0.1) is 12.8 Å². The van der Waals surface area contributed by atoms with E-state index in [-0.39, 0.29) is 6.04 Å². The van der Waals surface area contributed by atoms with Crippen LogP contribution < -0.4 is 0 Å². The van der Waals surface area contributed by atoms with Crippen LogP contribution in [0.1, 0.15) is 13.8 Å². The summed E-state index contributed by atoms with van der Waals surface area (Å²) < 4.78 is 4.65. The fraction of sp³-hybridized carbons (Fsp3) is 0.312. The van der Waals surface area contributed by atoms with Crippen LogP contribution in [0.2, 0.25) is 0 Å². The van der Waals surface area contributed by atoms with Gasteiger partial charge in [0.1, 0.15) is 6.04 Å². The minimum absolute atomic E-state index is 0.296. The van der Waals surface area contributed by atoms with E-state index in [1.165, 1.54) is 13.2 Å². The third-order valence-corrected chi connectivity index (χ3v) is 3.46. The maximum atomic E-state index is 11.7. The second-order valence-corrected chi connectivity index (χ2v) is 4.99. The van der Waals surface area contributed by atoms with Crippen LogP contribution >= 0.6 is 0 Å². The molecular weight excluding hydrogens is 268 g/mol. The zero-order valence-electron chi connectivity index (χ0n) is 12.3. The monoisotopic (exact) mass is 286 g/mol. The largest absolute Gasteiger partial charge is 0.466 e. The van der Waals surface area contributed by atoms with E-state index in [9.17, 15) is 9.90 Å². The fourth-order valence-electron chi connectivity index (χ4n) is 2.15. The molecule has 1 aromatic carbocycles. The topological polar surface area (TPSA) is 71.2 Å². The molecule has 5 nitrogen and oxygen atoms in total. The highest BCUT2D eigenvalue weighted by molar-refractivity contribution is 5.86. The summed E-state index contributed by atoms with van der Waals surface area (Å²) in [4.78, 5) is 11.7. The molecule has 0 fully saturated rings. The summed E-state index contributed by atoms with van der Waals surface area (Å²) in [6.07, 6.45) is 3.20. The second kappa shape index (κ2) is 6.01. The number of hydrogen-bond donors (Lipinski definition) is 1. The molecule has 0 radical (unpaired) electrons. The summed E-state index contributed by atoms with van der Waals surface area (Å²) >= 11 is 0. The highest BCUT2D eigenvalue weighted by atomic mass is 16.5. The molecule has 1 N–H and O–H groups in total. The normalized spacial score (nSPS) is 25.4. The highest BCUT2D eigenvalue weighted by Gasteiger charge is 2.40. The number of nitrogens with zero attached hydrogens (tertiary/aromatic N) is 2. The SMILES string of the molecule is COC(=O)C1(O)C=C(C)C(N=Nc2ccccc2)C=C1C. The van der Waals surface area contributed by atoms with Gasteiger partial charge in [-0.15, -0.1) is 0 Å². The van der Waals surface area contributed by atoms with Crippen LogP contribution in [0.15, 0.2) is 63.9 Å². The van der Waals surface area contributed by atoms with Gasteiger partial charge in [-0.25, -0.2) is 4.79 Å². The molecule has 21 heavy (non-hydrogen) atoms. The maximum Gasteiger partial charge on any atom is 0.346 e. The Kier molecular flexibility index (Phi) is 4.33. The van der Waals surface area contributed by atoms with E-state index in [4.69, 9.17) is 0 Å². The summed E-state index contributed by atoms with van der Waals surface area (Å²) in [5, 5.41) is 18.8. The van der Waals surface area contributed by atoms with Gasteiger partial charge < -0.3 is 9.84 Å². The van der Waals surface area contributed by atoms with Gasteiger partial charge in [0.15, 0.2) is 0 Å². The predicted octanol–water partition coefficient (Wildman–Crippen LogP) is 2.95. The molecule has 2 rings (SSSR count). The van der Waals surface area contributed by atoms with Gasteiger partial charge in [-0.2, -0.15) is 10.2 Å². The molecule has 0 bridgehead atoms. The number of ether oxygens (including phenoxy) is 1. The molecule has 5 heteroatoms. The molecule has 2 unspecified atom stereocenters. The van der Waals surface area contributed by atoms with Crippen molar-refractivity contribution in [2.75, 3.05) is 7.11 Å². The van der Waals surface area contributed by atoms with Crippen molar-refractivity contribution in [1.82, 2.24) is 0 Å². The average Bonchev–Trinajstić information content (AvgIpc) is 2.49. The minimum Gasteiger partial charge on any atom is -0.466 e. The van der Waals surface area contributed by atoms with Crippen molar-refractivity contribution >= 4 is 11.7 Å². The van der Waals surface area contributed by atoms with Gasteiger partial charge in [0.2, 0.25) is 5.60 Å². The number of benzene rings is 1. The third kappa shape index (κ3) is 3.08. The number of carbonyl (C=O) groups is 1. The molecule has 0 amide bonds. The number of hydrogen-bond acceptors (Lipinski definition) is 5. The van der Waals surface area contributed by atoms with Crippen LogP contribution in [0, 0.1) is 0 Å². The fourth-order valence-corrected chi connectivity index (χ4v) is 2.15. The summed E-state index contributed by atoms with van der Waals surface area (Å²) in [6.45, 7) is 3.47. The molecule has 1 aromatic rings. The summed E-state index contributed by atoms with van der Waals surface area (Å²) in [5.41, 5.74) is 0.271. The Bertz CT molecular complexity index is 620. The van der Waals surface area contributed by atoms with Crippen LogP contribution in [-0.4, -0.2) is 29.8 Å². The first-order valence-electron chi connectivity index (χ1n) is 6.62. The van der Waals surface area contributed by atoms with E-state index < -0.39 is 11.6 Å². The van der Waals surface area contributed by atoms with Gasteiger partial charge in [0.25, 0.3) is 0 Å². The first-order valence-corrected chi connectivity index (χ1v) is 6.62. The van der Waals surface area contributed by atoms with Crippen molar-refractivity contribution in [3.8, 4) is 0 Å². The van der Waals surface area contributed by atoms with Crippen LogP contribution in [0.4, 0.5) is 5.69 Å². The molecule has 0 heterocycles. The number of aliphatic hydroxyl groups is 1. The Hall–Kier alpha value is -2.27. The Morgan fingerprint density at radius 2 is 1.95 bits per heavy atom. The van der Waals surface area contributed by atoms with Crippen LogP contribution in [0.5, 0.6) is 0 Å². The van der Waals surface area contributed by atoms with Crippen LogP contribution in [0.3, 0.4) is 0 Å². The molecule has 0 aromatic heterocycles. The smallest absolute Gasteiger partial charge is 0.346 e. The standard InChI is InChI=1S/C16H18N2O3/c1-11-10-16(20,15(19)21-3)12(2)9-14(11)18-17-13-7-5-4-6-8-13/h4-10,14,20H,1-3H3.